The number of hydrogen-bond acceptors (Lipinski definition) is 3. The van der Waals surface area contributed by atoms with Gasteiger partial charge in [-0.2, -0.15) is 0 Å². The van der Waals surface area contributed by atoms with Crippen molar-refractivity contribution in [2.24, 2.45) is 4.99 Å². The zero-order valence-electron chi connectivity index (χ0n) is 18.2. The summed E-state index contributed by atoms with van der Waals surface area (Å²) < 4.78 is 0. The molecule has 0 radical (unpaired) electrons. The summed E-state index contributed by atoms with van der Waals surface area (Å²) >= 11 is 0. The Morgan fingerprint density at radius 2 is 1.72 bits per heavy atom. The molecule has 0 unspecified atom stereocenters. The number of guanidine groups is 1. The maximum atomic E-state index is 11.8. The van der Waals surface area contributed by atoms with E-state index in [4.69, 9.17) is 0 Å². The van der Waals surface area contributed by atoms with Gasteiger partial charge in [0.1, 0.15) is 0 Å². The van der Waals surface area contributed by atoms with Gasteiger partial charge in [0.2, 0.25) is 5.91 Å². The Labute approximate surface area is 193 Å². The fourth-order valence-electron chi connectivity index (χ4n) is 3.41. The minimum Gasteiger partial charge on any atom is -0.356 e. The van der Waals surface area contributed by atoms with Crippen LogP contribution in [-0.4, -0.2) is 62.6 Å². The molecule has 1 amide bonds. The number of rotatable bonds is 9. The van der Waals surface area contributed by atoms with Crippen LogP contribution in [0.5, 0.6) is 0 Å². The number of carbonyl (C=O) groups is 1. The van der Waals surface area contributed by atoms with Crippen LogP contribution in [0.25, 0.3) is 0 Å². The number of hydrogen-bond donors (Lipinski definition) is 3. The summed E-state index contributed by atoms with van der Waals surface area (Å²) in [6, 6.07) is 9.24. The number of piperidine rings is 1. The average Bonchev–Trinajstić information content (AvgIpc) is 2.73. The van der Waals surface area contributed by atoms with Crippen LogP contribution in [0.4, 0.5) is 0 Å². The van der Waals surface area contributed by atoms with Crippen LogP contribution in [0, 0.1) is 0 Å². The Morgan fingerprint density at radius 3 is 2.31 bits per heavy atom. The average molecular weight is 515 g/mol. The Balaban J connectivity index is 0.00000420. The predicted molar refractivity (Wildman–Crippen MR) is 132 cm³/mol. The van der Waals surface area contributed by atoms with Crippen LogP contribution in [0.3, 0.4) is 0 Å². The molecule has 1 fully saturated rings. The molecule has 1 aliphatic heterocycles. The second-order valence-corrected chi connectivity index (χ2v) is 7.46. The smallest absolute Gasteiger partial charge is 0.234 e. The summed E-state index contributed by atoms with van der Waals surface area (Å²) in [5.74, 6) is 1.00. The number of benzene rings is 1. The lowest BCUT2D eigenvalue weighted by Crippen LogP contribution is -2.50. The van der Waals surface area contributed by atoms with Gasteiger partial charge in [-0.25, -0.2) is 0 Å². The SMILES string of the molecule is CCCNC(=O)CN1CCC(NC(=NC)NCCc2ccc(CC)cc2)CC1.I. The second-order valence-electron chi connectivity index (χ2n) is 7.46. The largest absolute Gasteiger partial charge is 0.356 e. The van der Waals surface area contributed by atoms with Gasteiger partial charge in [0.05, 0.1) is 6.54 Å². The van der Waals surface area contributed by atoms with Crippen molar-refractivity contribution in [2.45, 2.75) is 52.0 Å². The predicted octanol–water partition coefficient (Wildman–Crippen LogP) is 2.57. The van der Waals surface area contributed by atoms with Crippen LogP contribution >= 0.6 is 24.0 Å². The number of carbonyl (C=O) groups excluding carboxylic acids is 1. The molecule has 2 rings (SSSR count). The van der Waals surface area contributed by atoms with Gasteiger partial charge < -0.3 is 16.0 Å². The van der Waals surface area contributed by atoms with Gasteiger partial charge in [-0.05, 0) is 43.2 Å². The normalized spacial score (nSPS) is 15.5. The molecule has 0 bridgehead atoms. The van der Waals surface area contributed by atoms with E-state index in [1.807, 2.05) is 7.05 Å². The summed E-state index contributed by atoms with van der Waals surface area (Å²) in [5, 5.41) is 9.90. The van der Waals surface area contributed by atoms with Gasteiger partial charge in [0.25, 0.3) is 0 Å². The van der Waals surface area contributed by atoms with Gasteiger partial charge in [-0.3, -0.25) is 14.7 Å². The molecular weight excluding hydrogens is 477 g/mol. The molecule has 0 aromatic heterocycles. The third-order valence-corrected chi connectivity index (χ3v) is 5.23. The zero-order valence-corrected chi connectivity index (χ0v) is 20.5. The highest BCUT2D eigenvalue weighted by molar-refractivity contribution is 14.0. The Hall–Kier alpha value is -1.35. The fourth-order valence-corrected chi connectivity index (χ4v) is 3.41. The number of nitrogens with zero attached hydrogens (tertiary/aromatic N) is 2. The van der Waals surface area contributed by atoms with E-state index < -0.39 is 0 Å². The minimum atomic E-state index is 0. The zero-order chi connectivity index (χ0) is 20.2. The molecule has 0 saturated carbocycles. The van der Waals surface area contributed by atoms with Gasteiger partial charge >= 0.3 is 0 Å². The monoisotopic (exact) mass is 515 g/mol. The second kappa shape index (κ2) is 14.6. The van der Waals surface area contributed by atoms with Gasteiger partial charge in [-0.15, -0.1) is 24.0 Å². The number of nitrogens with one attached hydrogen (secondary N) is 3. The lowest BCUT2D eigenvalue weighted by molar-refractivity contribution is -0.122. The summed E-state index contributed by atoms with van der Waals surface area (Å²) in [7, 11) is 1.82. The highest BCUT2D eigenvalue weighted by atomic mass is 127. The van der Waals surface area contributed by atoms with Gasteiger partial charge in [0, 0.05) is 39.3 Å². The van der Waals surface area contributed by atoms with Crippen molar-refractivity contribution in [3.8, 4) is 0 Å². The molecular formula is C22H38IN5O. The number of aryl methyl sites for hydroxylation is 1. The lowest BCUT2D eigenvalue weighted by Gasteiger charge is -2.32. The van der Waals surface area contributed by atoms with E-state index in [2.05, 4.69) is 64.0 Å². The molecule has 6 nitrogen and oxygen atoms in total. The van der Waals surface area contributed by atoms with E-state index in [9.17, 15) is 4.79 Å². The van der Waals surface area contributed by atoms with E-state index in [1.165, 1.54) is 11.1 Å². The molecule has 1 aromatic carbocycles. The van der Waals surface area contributed by atoms with Crippen molar-refractivity contribution >= 4 is 35.8 Å². The number of aliphatic imine (C=N–C) groups is 1. The standard InChI is InChI=1S/C22H37N5O.HI/c1-4-13-24-21(28)17-27-15-11-20(12-16-27)26-22(23-3)25-14-10-19-8-6-18(5-2)7-9-19;/h6-9,20H,4-5,10-17H2,1-3H3,(H,24,28)(H2,23,25,26);1H. The quantitative estimate of drug-likeness (QED) is 0.269. The van der Waals surface area contributed by atoms with Gasteiger partial charge in [-0.1, -0.05) is 38.1 Å². The summed E-state index contributed by atoms with van der Waals surface area (Å²) in [4.78, 5) is 18.4. The molecule has 0 spiro atoms. The van der Waals surface area contributed by atoms with Crippen molar-refractivity contribution < 1.29 is 4.79 Å². The first kappa shape index (κ1) is 25.7. The van der Waals surface area contributed by atoms with Crippen molar-refractivity contribution in [2.75, 3.05) is 39.8 Å². The lowest BCUT2D eigenvalue weighted by atomic mass is 10.1. The number of halogens is 1. The van der Waals surface area contributed by atoms with Crippen molar-refractivity contribution in [3.05, 3.63) is 35.4 Å². The first-order valence-corrected chi connectivity index (χ1v) is 10.7. The van der Waals surface area contributed by atoms with E-state index in [0.29, 0.717) is 12.6 Å². The molecule has 164 valence electrons. The first-order chi connectivity index (χ1) is 13.6. The summed E-state index contributed by atoms with van der Waals surface area (Å²) in [6.07, 6.45) is 5.10. The maximum absolute atomic E-state index is 11.8. The summed E-state index contributed by atoms with van der Waals surface area (Å²) in [6.45, 7) is 8.27. The van der Waals surface area contributed by atoms with E-state index in [0.717, 1.165) is 64.2 Å². The van der Waals surface area contributed by atoms with Crippen LogP contribution < -0.4 is 16.0 Å². The van der Waals surface area contributed by atoms with E-state index >= 15 is 0 Å². The van der Waals surface area contributed by atoms with Crippen LogP contribution in [0.15, 0.2) is 29.3 Å². The van der Waals surface area contributed by atoms with Crippen molar-refractivity contribution in [1.29, 1.82) is 0 Å². The highest BCUT2D eigenvalue weighted by Crippen LogP contribution is 2.10. The minimum absolute atomic E-state index is 0. The Kier molecular flexibility index (Phi) is 12.9. The van der Waals surface area contributed by atoms with Gasteiger partial charge in [0.15, 0.2) is 5.96 Å². The molecule has 7 heteroatoms. The Bertz CT molecular complexity index is 612. The van der Waals surface area contributed by atoms with Crippen LogP contribution in [0.1, 0.15) is 44.2 Å². The highest BCUT2D eigenvalue weighted by Gasteiger charge is 2.21. The van der Waals surface area contributed by atoms with Crippen LogP contribution in [0.2, 0.25) is 0 Å². The Morgan fingerprint density at radius 1 is 1.07 bits per heavy atom. The van der Waals surface area contributed by atoms with E-state index in [1.54, 1.807) is 0 Å². The molecule has 0 aliphatic carbocycles. The molecule has 29 heavy (non-hydrogen) atoms. The van der Waals surface area contributed by atoms with E-state index in [-0.39, 0.29) is 29.9 Å². The number of likely N-dealkylation sites (tertiary alicyclic amines) is 1. The molecule has 0 atom stereocenters. The molecule has 1 heterocycles. The molecule has 1 aliphatic rings. The first-order valence-electron chi connectivity index (χ1n) is 10.7. The molecule has 1 aromatic rings. The molecule has 1 saturated heterocycles. The fraction of sp³-hybridized carbons (Fsp3) is 0.636. The maximum Gasteiger partial charge on any atom is 0.234 e. The van der Waals surface area contributed by atoms with Crippen molar-refractivity contribution in [3.63, 3.8) is 0 Å². The molecule has 3 N–H and O–H groups in total. The van der Waals surface area contributed by atoms with Crippen LogP contribution in [-0.2, 0) is 17.6 Å². The third kappa shape index (κ3) is 9.80. The van der Waals surface area contributed by atoms with Crippen molar-refractivity contribution in [1.82, 2.24) is 20.9 Å². The third-order valence-electron chi connectivity index (χ3n) is 5.23. The summed E-state index contributed by atoms with van der Waals surface area (Å²) in [5.41, 5.74) is 2.72. The number of amides is 1. The topological polar surface area (TPSA) is 68.8 Å².